The second kappa shape index (κ2) is 8.22. The van der Waals surface area contributed by atoms with Gasteiger partial charge in [-0.25, -0.2) is 0 Å². The summed E-state index contributed by atoms with van der Waals surface area (Å²) >= 11 is 12.0. The Morgan fingerprint density at radius 2 is 2.00 bits per heavy atom. The zero-order valence-electron chi connectivity index (χ0n) is 12.4. The highest BCUT2D eigenvalue weighted by Gasteiger charge is 2.17. The molecule has 7 heteroatoms. The minimum absolute atomic E-state index is 0.0598. The number of amides is 2. The first-order valence-electron chi connectivity index (χ1n) is 6.53. The van der Waals surface area contributed by atoms with Gasteiger partial charge in [-0.15, -0.1) is 0 Å². The zero-order chi connectivity index (χ0) is 16.0. The number of likely N-dealkylation sites (N-methyl/N-ethyl adjacent to an activating group) is 3. The first-order chi connectivity index (χ1) is 9.83. The Labute approximate surface area is 134 Å². The van der Waals surface area contributed by atoms with Crippen LogP contribution in [0.3, 0.4) is 0 Å². The van der Waals surface area contributed by atoms with Gasteiger partial charge in [0.2, 0.25) is 5.91 Å². The van der Waals surface area contributed by atoms with Crippen molar-refractivity contribution >= 4 is 35.0 Å². The molecule has 2 N–H and O–H groups in total. The first kappa shape index (κ1) is 17.8. The Bertz CT molecular complexity index is 523. The van der Waals surface area contributed by atoms with Crippen molar-refractivity contribution in [2.24, 2.45) is 0 Å². The van der Waals surface area contributed by atoms with Crippen LogP contribution in [-0.4, -0.2) is 50.9 Å². The van der Waals surface area contributed by atoms with Crippen LogP contribution in [0.25, 0.3) is 0 Å². The predicted octanol–water partition coefficient (Wildman–Crippen LogP) is 0.213. The molecule has 0 aromatic heterocycles. The van der Waals surface area contributed by atoms with Gasteiger partial charge in [0.15, 0.2) is 6.54 Å². The molecule has 0 spiro atoms. The zero-order valence-corrected chi connectivity index (χ0v) is 13.9. The lowest BCUT2D eigenvalue weighted by Gasteiger charge is -2.19. The standard InChI is InChI=1S/C14H19Cl2N3O2/c1-17-13(20)8-19(3)14(21)9-18(2)7-10-4-5-11(15)6-12(10)16/h4-6H,7-9H2,1-3H3,(H,17,20)/p+1. The van der Waals surface area contributed by atoms with Crippen molar-refractivity contribution in [3.63, 3.8) is 0 Å². The third-order valence-corrected chi connectivity index (χ3v) is 3.63. The predicted molar refractivity (Wildman–Crippen MR) is 83.6 cm³/mol. The largest absolute Gasteiger partial charge is 0.358 e. The van der Waals surface area contributed by atoms with E-state index in [1.165, 1.54) is 4.90 Å². The Balaban J connectivity index is 2.54. The van der Waals surface area contributed by atoms with Crippen LogP contribution >= 0.6 is 23.2 Å². The fourth-order valence-electron chi connectivity index (χ4n) is 1.83. The smallest absolute Gasteiger partial charge is 0.277 e. The molecule has 116 valence electrons. The molecule has 0 radical (unpaired) electrons. The molecule has 1 atom stereocenters. The highest BCUT2D eigenvalue weighted by molar-refractivity contribution is 6.35. The third-order valence-electron chi connectivity index (χ3n) is 3.05. The van der Waals surface area contributed by atoms with Crippen LogP contribution in [0.4, 0.5) is 0 Å². The van der Waals surface area contributed by atoms with E-state index < -0.39 is 0 Å². The van der Waals surface area contributed by atoms with Crippen molar-refractivity contribution in [2.75, 3.05) is 34.2 Å². The number of nitrogens with zero attached hydrogens (tertiary/aromatic N) is 1. The first-order valence-corrected chi connectivity index (χ1v) is 7.28. The molecule has 1 rings (SSSR count). The van der Waals surface area contributed by atoms with Crippen LogP contribution in [0.15, 0.2) is 18.2 Å². The van der Waals surface area contributed by atoms with E-state index in [4.69, 9.17) is 23.2 Å². The molecule has 0 aliphatic heterocycles. The molecule has 1 unspecified atom stereocenters. The van der Waals surface area contributed by atoms with Gasteiger partial charge in [0.25, 0.3) is 5.91 Å². The summed E-state index contributed by atoms with van der Waals surface area (Å²) < 4.78 is 0. The Hall–Kier alpha value is -1.30. The lowest BCUT2D eigenvalue weighted by molar-refractivity contribution is -0.885. The summed E-state index contributed by atoms with van der Waals surface area (Å²) in [6.45, 7) is 0.951. The number of quaternary nitrogens is 1. The van der Waals surface area contributed by atoms with Crippen molar-refractivity contribution in [1.82, 2.24) is 10.2 Å². The number of benzene rings is 1. The van der Waals surface area contributed by atoms with Crippen LogP contribution in [0.1, 0.15) is 5.56 Å². The van der Waals surface area contributed by atoms with Crippen molar-refractivity contribution in [3.8, 4) is 0 Å². The molecule has 2 amide bonds. The number of carbonyl (C=O) groups is 2. The van der Waals surface area contributed by atoms with Gasteiger partial charge in [-0.05, 0) is 12.1 Å². The summed E-state index contributed by atoms with van der Waals surface area (Å²) in [7, 11) is 5.05. The van der Waals surface area contributed by atoms with Crippen molar-refractivity contribution in [3.05, 3.63) is 33.8 Å². The van der Waals surface area contributed by atoms with E-state index >= 15 is 0 Å². The fourth-order valence-corrected chi connectivity index (χ4v) is 2.30. The van der Waals surface area contributed by atoms with Crippen LogP contribution in [-0.2, 0) is 16.1 Å². The summed E-state index contributed by atoms with van der Waals surface area (Å²) in [6.07, 6.45) is 0. The van der Waals surface area contributed by atoms with Gasteiger partial charge in [-0.1, -0.05) is 29.3 Å². The van der Waals surface area contributed by atoms with Crippen LogP contribution in [0.2, 0.25) is 10.0 Å². The van der Waals surface area contributed by atoms with Crippen LogP contribution < -0.4 is 10.2 Å². The summed E-state index contributed by atoms with van der Waals surface area (Å²) in [4.78, 5) is 25.6. The molecule has 0 heterocycles. The van der Waals surface area contributed by atoms with Gasteiger partial charge in [0.05, 0.1) is 18.6 Å². The van der Waals surface area contributed by atoms with Gasteiger partial charge in [-0.3, -0.25) is 9.59 Å². The minimum atomic E-state index is -0.191. The molecule has 1 aromatic rings. The van der Waals surface area contributed by atoms with Crippen LogP contribution in [0.5, 0.6) is 0 Å². The molecule has 21 heavy (non-hydrogen) atoms. The number of rotatable bonds is 6. The van der Waals surface area contributed by atoms with E-state index in [9.17, 15) is 9.59 Å². The number of carbonyl (C=O) groups excluding carboxylic acids is 2. The average Bonchev–Trinajstić information content (AvgIpc) is 2.41. The molecular formula is C14H20Cl2N3O2+. The van der Waals surface area contributed by atoms with E-state index in [0.29, 0.717) is 16.6 Å². The summed E-state index contributed by atoms with van der Waals surface area (Å²) in [6, 6.07) is 5.31. The van der Waals surface area contributed by atoms with Crippen molar-refractivity contribution in [1.29, 1.82) is 0 Å². The molecule has 0 aliphatic carbocycles. The van der Waals surface area contributed by atoms with Gasteiger partial charge in [-0.2, -0.15) is 0 Å². The lowest BCUT2D eigenvalue weighted by atomic mass is 10.2. The monoisotopic (exact) mass is 332 g/mol. The highest BCUT2D eigenvalue weighted by Crippen LogP contribution is 2.20. The molecular weight excluding hydrogens is 313 g/mol. The fraction of sp³-hybridized carbons (Fsp3) is 0.429. The van der Waals surface area contributed by atoms with Crippen LogP contribution in [0, 0.1) is 0 Å². The topological polar surface area (TPSA) is 53.9 Å². The Kier molecular flexibility index (Phi) is 6.95. The van der Waals surface area contributed by atoms with E-state index in [2.05, 4.69) is 5.32 Å². The minimum Gasteiger partial charge on any atom is -0.358 e. The third kappa shape index (κ3) is 5.91. The van der Waals surface area contributed by atoms with Gasteiger partial charge in [0, 0.05) is 24.7 Å². The molecule has 0 bridgehead atoms. The number of hydrogen-bond acceptors (Lipinski definition) is 2. The Morgan fingerprint density at radius 1 is 1.33 bits per heavy atom. The van der Waals surface area contributed by atoms with E-state index in [-0.39, 0.29) is 24.9 Å². The van der Waals surface area contributed by atoms with Gasteiger partial charge < -0.3 is 15.1 Å². The number of nitrogens with one attached hydrogen (secondary N) is 2. The summed E-state index contributed by atoms with van der Waals surface area (Å²) in [5.41, 5.74) is 0.931. The summed E-state index contributed by atoms with van der Waals surface area (Å²) in [5, 5.41) is 3.66. The molecule has 5 nitrogen and oxygen atoms in total. The number of hydrogen-bond donors (Lipinski definition) is 2. The normalized spacial score (nSPS) is 11.9. The number of halogens is 2. The SMILES string of the molecule is CNC(=O)CN(C)C(=O)C[NH+](C)Cc1ccc(Cl)cc1Cl. The molecule has 0 saturated heterocycles. The van der Waals surface area contributed by atoms with Gasteiger partial charge in [0.1, 0.15) is 6.54 Å². The molecule has 0 aliphatic rings. The van der Waals surface area contributed by atoms with E-state index in [1.807, 2.05) is 13.1 Å². The quantitative estimate of drug-likeness (QED) is 0.782. The maximum atomic E-state index is 12.0. The molecule has 0 fully saturated rings. The maximum Gasteiger partial charge on any atom is 0.277 e. The molecule has 0 saturated carbocycles. The van der Waals surface area contributed by atoms with E-state index in [0.717, 1.165) is 10.5 Å². The highest BCUT2D eigenvalue weighted by atomic mass is 35.5. The lowest BCUT2D eigenvalue weighted by Crippen LogP contribution is -3.08. The molecule has 1 aromatic carbocycles. The second-order valence-electron chi connectivity index (χ2n) is 4.97. The summed E-state index contributed by atoms with van der Waals surface area (Å²) in [5.74, 6) is -0.287. The Morgan fingerprint density at radius 3 is 2.57 bits per heavy atom. The maximum absolute atomic E-state index is 12.0. The average molecular weight is 333 g/mol. The van der Waals surface area contributed by atoms with Gasteiger partial charge >= 0.3 is 0 Å². The second-order valence-corrected chi connectivity index (χ2v) is 5.81. The van der Waals surface area contributed by atoms with Crippen molar-refractivity contribution in [2.45, 2.75) is 6.54 Å². The van der Waals surface area contributed by atoms with Crippen molar-refractivity contribution < 1.29 is 14.5 Å². The van der Waals surface area contributed by atoms with E-state index in [1.54, 1.807) is 26.2 Å².